The third-order valence-electron chi connectivity index (χ3n) is 4.12. The Morgan fingerprint density at radius 1 is 1.25 bits per heavy atom. The van der Waals surface area contributed by atoms with Crippen molar-refractivity contribution in [2.45, 2.75) is 64.8 Å². The minimum Gasteiger partial charge on any atom is -0.481 e. The molecule has 5 nitrogen and oxygen atoms in total. The molecule has 0 bridgehead atoms. The second kappa shape index (κ2) is 8.82. The van der Waals surface area contributed by atoms with Gasteiger partial charge >= 0.3 is 12.0 Å². The molecule has 0 aromatic rings. The number of hydrogen-bond donors (Lipinski definition) is 3. The lowest BCUT2D eigenvalue weighted by molar-refractivity contribution is -0.143. The van der Waals surface area contributed by atoms with E-state index >= 15 is 0 Å². The number of carbonyl (C=O) groups excluding carboxylic acids is 1. The van der Waals surface area contributed by atoms with Gasteiger partial charge in [0, 0.05) is 12.6 Å². The van der Waals surface area contributed by atoms with E-state index in [1.54, 1.807) is 0 Å². The lowest BCUT2D eigenvalue weighted by Gasteiger charge is -2.26. The van der Waals surface area contributed by atoms with Gasteiger partial charge in [0.15, 0.2) is 0 Å². The van der Waals surface area contributed by atoms with Gasteiger partial charge in [-0.15, -0.1) is 0 Å². The van der Waals surface area contributed by atoms with E-state index in [1.165, 1.54) is 0 Å². The predicted molar refractivity (Wildman–Crippen MR) is 78.6 cm³/mol. The molecule has 116 valence electrons. The quantitative estimate of drug-likeness (QED) is 0.672. The largest absolute Gasteiger partial charge is 0.481 e. The van der Waals surface area contributed by atoms with Gasteiger partial charge in [0.2, 0.25) is 0 Å². The maximum absolute atomic E-state index is 11.7. The molecule has 2 amide bonds. The van der Waals surface area contributed by atoms with E-state index in [0.29, 0.717) is 12.5 Å². The van der Waals surface area contributed by atoms with Crippen molar-refractivity contribution in [2.75, 3.05) is 6.54 Å². The van der Waals surface area contributed by atoms with E-state index in [9.17, 15) is 9.59 Å². The van der Waals surface area contributed by atoms with Crippen molar-refractivity contribution in [3.05, 3.63) is 0 Å². The van der Waals surface area contributed by atoms with Gasteiger partial charge in [0.1, 0.15) is 0 Å². The van der Waals surface area contributed by atoms with Crippen molar-refractivity contribution < 1.29 is 14.7 Å². The molecule has 1 saturated carbocycles. The molecule has 5 heteroatoms. The van der Waals surface area contributed by atoms with Crippen molar-refractivity contribution in [1.82, 2.24) is 10.6 Å². The van der Waals surface area contributed by atoms with Crippen LogP contribution in [0.3, 0.4) is 0 Å². The maximum atomic E-state index is 11.7. The van der Waals surface area contributed by atoms with Gasteiger partial charge in [0.05, 0.1) is 5.92 Å². The van der Waals surface area contributed by atoms with E-state index in [0.717, 1.165) is 44.9 Å². The van der Waals surface area contributed by atoms with Gasteiger partial charge in [-0.3, -0.25) is 4.79 Å². The summed E-state index contributed by atoms with van der Waals surface area (Å²) in [7, 11) is 0. The highest BCUT2D eigenvalue weighted by Crippen LogP contribution is 2.28. The molecule has 3 N–H and O–H groups in total. The van der Waals surface area contributed by atoms with Crippen LogP contribution in [0.1, 0.15) is 58.8 Å². The number of carboxylic acid groups (broad SMARTS) is 1. The first-order valence-electron chi connectivity index (χ1n) is 7.80. The Balaban J connectivity index is 2.14. The Morgan fingerprint density at radius 3 is 2.45 bits per heavy atom. The molecular formula is C15H28N2O3. The van der Waals surface area contributed by atoms with Crippen LogP contribution in [0.25, 0.3) is 0 Å². The average molecular weight is 284 g/mol. The number of rotatable bonds is 7. The van der Waals surface area contributed by atoms with Crippen molar-refractivity contribution >= 4 is 12.0 Å². The highest BCUT2D eigenvalue weighted by Gasteiger charge is 2.25. The molecule has 0 spiro atoms. The summed E-state index contributed by atoms with van der Waals surface area (Å²) in [6.07, 6.45) is 6.52. The first-order chi connectivity index (χ1) is 9.52. The van der Waals surface area contributed by atoms with Gasteiger partial charge in [-0.25, -0.2) is 4.79 Å². The molecule has 0 heterocycles. The zero-order valence-corrected chi connectivity index (χ0v) is 12.7. The van der Waals surface area contributed by atoms with E-state index in [-0.39, 0.29) is 18.0 Å². The number of unbranched alkanes of at least 4 members (excludes halogenated alkanes) is 1. The number of nitrogens with one attached hydrogen (secondary N) is 2. The smallest absolute Gasteiger partial charge is 0.315 e. The third kappa shape index (κ3) is 6.26. The minimum atomic E-state index is -0.682. The molecular weight excluding hydrogens is 256 g/mol. The predicted octanol–water partition coefficient (Wildman–Crippen LogP) is 2.76. The molecule has 1 fully saturated rings. The number of amides is 2. The molecule has 0 aromatic carbocycles. The zero-order valence-electron chi connectivity index (χ0n) is 12.7. The molecule has 20 heavy (non-hydrogen) atoms. The molecule has 1 atom stereocenters. The summed E-state index contributed by atoms with van der Waals surface area (Å²) in [5, 5.41) is 14.8. The van der Waals surface area contributed by atoms with Crippen molar-refractivity contribution in [2.24, 2.45) is 11.8 Å². The SMILES string of the molecule is CCCCC(C)NC(=O)NCC1CCC(C(=O)O)CC1. The fraction of sp³-hybridized carbons (Fsp3) is 0.867. The highest BCUT2D eigenvalue weighted by atomic mass is 16.4. The maximum Gasteiger partial charge on any atom is 0.315 e. The van der Waals surface area contributed by atoms with Crippen LogP contribution >= 0.6 is 0 Å². The number of hydrogen-bond acceptors (Lipinski definition) is 2. The molecule has 0 aromatic heterocycles. The molecule has 1 unspecified atom stereocenters. The second-order valence-electron chi connectivity index (χ2n) is 5.95. The van der Waals surface area contributed by atoms with E-state index < -0.39 is 5.97 Å². The molecule has 1 aliphatic rings. The van der Waals surface area contributed by atoms with Crippen LogP contribution in [0.4, 0.5) is 4.79 Å². The second-order valence-corrected chi connectivity index (χ2v) is 5.95. The number of aliphatic carboxylic acids is 1. The van der Waals surface area contributed by atoms with Crippen LogP contribution < -0.4 is 10.6 Å². The van der Waals surface area contributed by atoms with E-state index in [2.05, 4.69) is 17.6 Å². The van der Waals surface area contributed by atoms with E-state index in [1.807, 2.05) is 6.92 Å². The van der Waals surface area contributed by atoms with Gasteiger partial charge < -0.3 is 15.7 Å². The van der Waals surface area contributed by atoms with Crippen molar-refractivity contribution in [1.29, 1.82) is 0 Å². The van der Waals surface area contributed by atoms with Crippen LogP contribution in [0.15, 0.2) is 0 Å². The third-order valence-corrected chi connectivity index (χ3v) is 4.12. The molecule has 0 aliphatic heterocycles. The monoisotopic (exact) mass is 284 g/mol. The summed E-state index contributed by atoms with van der Waals surface area (Å²) in [4.78, 5) is 22.6. The fourth-order valence-corrected chi connectivity index (χ4v) is 2.71. The summed E-state index contributed by atoms with van der Waals surface area (Å²) in [5.41, 5.74) is 0. The lowest BCUT2D eigenvalue weighted by Crippen LogP contribution is -2.43. The first kappa shape index (κ1) is 16.8. The molecule has 1 rings (SSSR count). The normalized spacial score (nSPS) is 23.9. The summed E-state index contributed by atoms with van der Waals surface area (Å²) in [6.45, 7) is 4.81. The highest BCUT2D eigenvalue weighted by molar-refractivity contribution is 5.74. The van der Waals surface area contributed by atoms with Gasteiger partial charge in [-0.1, -0.05) is 19.8 Å². The fourth-order valence-electron chi connectivity index (χ4n) is 2.71. The molecule has 0 saturated heterocycles. The van der Waals surface area contributed by atoms with Gasteiger partial charge in [-0.2, -0.15) is 0 Å². The standard InChI is InChI=1S/C15H28N2O3/c1-3-4-5-11(2)17-15(20)16-10-12-6-8-13(9-7-12)14(18)19/h11-13H,3-10H2,1-2H3,(H,18,19)(H2,16,17,20). The molecule has 0 radical (unpaired) electrons. The number of carboxylic acids is 1. The Kier molecular flexibility index (Phi) is 7.41. The van der Waals surface area contributed by atoms with Crippen LogP contribution in [0.5, 0.6) is 0 Å². The van der Waals surface area contributed by atoms with Crippen LogP contribution in [-0.2, 0) is 4.79 Å². The summed E-state index contributed by atoms with van der Waals surface area (Å²) >= 11 is 0. The Labute approximate surface area is 121 Å². The van der Waals surface area contributed by atoms with Crippen molar-refractivity contribution in [3.8, 4) is 0 Å². The Bertz CT molecular complexity index is 312. The minimum absolute atomic E-state index is 0.103. The topological polar surface area (TPSA) is 78.4 Å². The number of urea groups is 1. The summed E-state index contributed by atoms with van der Waals surface area (Å²) in [6, 6.07) is 0.103. The van der Waals surface area contributed by atoms with E-state index in [4.69, 9.17) is 5.11 Å². The lowest BCUT2D eigenvalue weighted by atomic mass is 9.82. The summed E-state index contributed by atoms with van der Waals surface area (Å²) in [5.74, 6) is -0.449. The molecule has 1 aliphatic carbocycles. The van der Waals surface area contributed by atoms with Gasteiger partial charge in [0.25, 0.3) is 0 Å². The zero-order chi connectivity index (χ0) is 15.0. The number of carbonyl (C=O) groups is 2. The Hall–Kier alpha value is -1.26. The van der Waals surface area contributed by atoms with Crippen LogP contribution in [0, 0.1) is 11.8 Å². The average Bonchev–Trinajstić information content (AvgIpc) is 2.43. The van der Waals surface area contributed by atoms with Crippen molar-refractivity contribution in [3.63, 3.8) is 0 Å². The van der Waals surface area contributed by atoms with Crippen LogP contribution in [-0.4, -0.2) is 29.7 Å². The van der Waals surface area contributed by atoms with Gasteiger partial charge in [-0.05, 0) is 44.9 Å². The Morgan fingerprint density at radius 2 is 1.90 bits per heavy atom. The summed E-state index contributed by atoms with van der Waals surface area (Å²) < 4.78 is 0. The first-order valence-corrected chi connectivity index (χ1v) is 7.80. The van der Waals surface area contributed by atoms with Crippen LogP contribution in [0.2, 0.25) is 0 Å².